The quantitative estimate of drug-likeness (QED) is 0.751. The van der Waals surface area contributed by atoms with Crippen molar-refractivity contribution in [1.29, 1.82) is 0 Å². The van der Waals surface area contributed by atoms with Crippen molar-refractivity contribution in [1.82, 2.24) is 9.80 Å². The van der Waals surface area contributed by atoms with E-state index in [1.165, 1.54) is 6.07 Å². The molecule has 7 heteroatoms. The van der Waals surface area contributed by atoms with Gasteiger partial charge in [0.25, 0.3) is 0 Å². The number of likely N-dealkylation sites (tertiary alicyclic amines) is 2. The Morgan fingerprint density at radius 2 is 1.81 bits per heavy atom. The molecule has 1 amide bonds. The van der Waals surface area contributed by atoms with Crippen molar-refractivity contribution >= 4 is 5.91 Å². The molecule has 2 aliphatic heterocycles. The van der Waals surface area contributed by atoms with E-state index in [0.717, 1.165) is 0 Å². The van der Waals surface area contributed by atoms with Crippen LogP contribution < -0.4 is 0 Å². The molecule has 1 aromatic carbocycles. The molecule has 0 bridgehead atoms. The number of halogens is 4. The highest BCUT2D eigenvalue weighted by Crippen LogP contribution is 2.35. The molecular weight excluding hydrogens is 348 g/mol. The van der Waals surface area contributed by atoms with Crippen LogP contribution in [0.15, 0.2) is 24.3 Å². The fourth-order valence-electron chi connectivity index (χ4n) is 3.96. The van der Waals surface area contributed by atoms with Crippen LogP contribution in [0, 0.1) is 11.7 Å². The van der Waals surface area contributed by atoms with Gasteiger partial charge >= 0.3 is 6.18 Å². The molecule has 3 nitrogen and oxygen atoms in total. The lowest BCUT2D eigenvalue weighted by atomic mass is 9.91. The van der Waals surface area contributed by atoms with Crippen molar-refractivity contribution in [2.45, 2.75) is 44.3 Å². The second kappa shape index (κ2) is 7.55. The fraction of sp³-hybridized carbons (Fsp3) is 0.632. The van der Waals surface area contributed by atoms with Crippen LogP contribution in [0.3, 0.4) is 0 Å². The number of carbonyl (C=O) groups is 1. The maximum atomic E-state index is 14.0. The van der Waals surface area contributed by atoms with E-state index in [1.807, 2.05) is 6.92 Å². The molecule has 144 valence electrons. The number of piperidine rings is 1. The van der Waals surface area contributed by atoms with Crippen LogP contribution in [0.1, 0.15) is 37.7 Å². The van der Waals surface area contributed by atoms with E-state index in [0.29, 0.717) is 38.2 Å². The molecule has 0 radical (unpaired) electrons. The number of alkyl halides is 3. The van der Waals surface area contributed by atoms with Gasteiger partial charge in [0.15, 0.2) is 0 Å². The molecule has 0 aromatic heterocycles. The van der Waals surface area contributed by atoms with Crippen LogP contribution in [0.5, 0.6) is 0 Å². The maximum Gasteiger partial charge on any atom is 0.391 e. The minimum absolute atomic E-state index is 0.0981. The molecule has 2 aliphatic rings. The predicted molar refractivity (Wildman–Crippen MR) is 90.2 cm³/mol. The van der Waals surface area contributed by atoms with Crippen LogP contribution in [0.2, 0.25) is 0 Å². The van der Waals surface area contributed by atoms with Gasteiger partial charge in [0.05, 0.1) is 11.8 Å². The summed E-state index contributed by atoms with van der Waals surface area (Å²) in [4.78, 5) is 16.5. The molecule has 1 unspecified atom stereocenters. The summed E-state index contributed by atoms with van der Waals surface area (Å²) in [5, 5.41) is 0. The summed E-state index contributed by atoms with van der Waals surface area (Å²) in [6.07, 6.45) is -3.35. The maximum absolute atomic E-state index is 14.0. The smallest absolute Gasteiger partial charge is 0.339 e. The van der Waals surface area contributed by atoms with E-state index < -0.39 is 18.0 Å². The SMILES string of the molecule is CCC(C(=O)N1CC(N2CCC(C(F)(F)F)CC2)C1)c1ccccc1F. The van der Waals surface area contributed by atoms with E-state index in [-0.39, 0.29) is 30.6 Å². The van der Waals surface area contributed by atoms with Crippen molar-refractivity contribution in [3.05, 3.63) is 35.6 Å². The minimum atomic E-state index is -4.11. The van der Waals surface area contributed by atoms with Crippen molar-refractivity contribution in [2.75, 3.05) is 26.2 Å². The monoisotopic (exact) mass is 372 g/mol. The van der Waals surface area contributed by atoms with Crippen LogP contribution in [0.4, 0.5) is 17.6 Å². The Kier molecular flexibility index (Phi) is 5.55. The van der Waals surface area contributed by atoms with Crippen LogP contribution in [0.25, 0.3) is 0 Å². The first kappa shape index (κ1) is 19.1. The van der Waals surface area contributed by atoms with Gasteiger partial charge in [-0.3, -0.25) is 9.69 Å². The van der Waals surface area contributed by atoms with E-state index in [4.69, 9.17) is 0 Å². The number of amides is 1. The molecule has 0 saturated carbocycles. The Bertz CT molecular complexity index is 635. The third-order valence-corrected chi connectivity index (χ3v) is 5.67. The number of nitrogens with zero attached hydrogens (tertiary/aromatic N) is 2. The highest BCUT2D eigenvalue weighted by Gasteiger charge is 2.44. The summed E-state index contributed by atoms with van der Waals surface area (Å²) >= 11 is 0. The Hall–Kier alpha value is -1.63. The number of carbonyl (C=O) groups excluding carboxylic acids is 1. The van der Waals surface area contributed by atoms with Gasteiger partial charge in [0.1, 0.15) is 5.82 Å². The zero-order valence-electron chi connectivity index (χ0n) is 14.8. The summed E-state index contributed by atoms with van der Waals surface area (Å²) in [5.41, 5.74) is 0.412. The Morgan fingerprint density at radius 1 is 1.19 bits per heavy atom. The minimum Gasteiger partial charge on any atom is -0.339 e. The Labute approximate surface area is 151 Å². The van der Waals surface area contributed by atoms with Crippen molar-refractivity contribution in [2.24, 2.45) is 5.92 Å². The summed E-state index contributed by atoms with van der Waals surface area (Å²) in [5.74, 6) is -2.19. The Morgan fingerprint density at radius 3 is 2.35 bits per heavy atom. The largest absolute Gasteiger partial charge is 0.391 e. The van der Waals surface area contributed by atoms with Gasteiger partial charge in [-0.25, -0.2) is 4.39 Å². The zero-order valence-corrected chi connectivity index (χ0v) is 14.8. The third-order valence-electron chi connectivity index (χ3n) is 5.67. The first-order chi connectivity index (χ1) is 12.3. The topological polar surface area (TPSA) is 23.6 Å². The fourth-order valence-corrected chi connectivity index (χ4v) is 3.96. The van der Waals surface area contributed by atoms with Crippen molar-refractivity contribution < 1.29 is 22.4 Å². The predicted octanol–water partition coefficient (Wildman–Crippen LogP) is 3.80. The molecule has 2 heterocycles. The first-order valence-corrected chi connectivity index (χ1v) is 9.15. The number of benzene rings is 1. The summed E-state index contributed by atoms with van der Waals surface area (Å²) in [7, 11) is 0. The molecule has 26 heavy (non-hydrogen) atoms. The number of hydrogen-bond acceptors (Lipinski definition) is 2. The van der Waals surface area contributed by atoms with Gasteiger partial charge in [0, 0.05) is 24.7 Å². The van der Waals surface area contributed by atoms with E-state index >= 15 is 0 Å². The molecule has 3 rings (SSSR count). The van der Waals surface area contributed by atoms with E-state index in [2.05, 4.69) is 4.90 Å². The summed E-state index contributed by atoms with van der Waals surface area (Å²) in [6, 6.07) is 6.43. The third kappa shape index (κ3) is 3.87. The van der Waals surface area contributed by atoms with E-state index in [1.54, 1.807) is 23.1 Å². The molecule has 0 aliphatic carbocycles. The van der Waals surface area contributed by atoms with Crippen LogP contribution in [-0.4, -0.2) is 54.1 Å². The van der Waals surface area contributed by atoms with Crippen molar-refractivity contribution in [3.63, 3.8) is 0 Å². The normalized spacial score (nSPS) is 21.5. The lowest BCUT2D eigenvalue weighted by molar-refractivity contribution is -0.187. The van der Waals surface area contributed by atoms with Gasteiger partial charge in [0.2, 0.25) is 5.91 Å². The summed E-state index contributed by atoms with van der Waals surface area (Å²) in [6.45, 7) is 3.72. The lowest BCUT2D eigenvalue weighted by Gasteiger charge is -2.48. The molecule has 1 aromatic rings. The van der Waals surface area contributed by atoms with Gasteiger partial charge in [-0.05, 0) is 38.4 Å². The summed E-state index contributed by atoms with van der Waals surface area (Å²) < 4.78 is 52.3. The standard InChI is InChI=1S/C19H24F4N2O/c1-2-15(16-5-3-4-6-17(16)20)18(26)25-11-14(12-25)24-9-7-13(8-10-24)19(21,22)23/h3-6,13-15H,2,7-12H2,1H3. The number of rotatable bonds is 4. The van der Waals surface area contributed by atoms with Crippen molar-refractivity contribution in [3.8, 4) is 0 Å². The molecule has 0 N–H and O–H groups in total. The van der Waals surface area contributed by atoms with Gasteiger partial charge in [-0.15, -0.1) is 0 Å². The average Bonchev–Trinajstić information content (AvgIpc) is 2.55. The lowest BCUT2D eigenvalue weighted by Crippen LogP contribution is -2.63. The second-order valence-corrected chi connectivity index (χ2v) is 7.23. The Balaban J connectivity index is 1.53. The number of hydrogen-bond donors (Lipinski definition) is 0. The zero-order chi connectivity index (χ0) is 18.9. The second-order valence-electron chi connectivity index (χ2n) is 7.23. The van der Waals surface area contributed by atoms with Gasteiger partial charge in [-0.1, -0.05) is 25.1 Å². The average molecular weight is 372 g/mol. The van der Waals surface area contributed by atoms with E-state index in [9.17, 15) is 22.4 Å². The van der Waals surface area contributed by atoms with Gasteiger partial charge < -0.3 is 4.90 Å². The molecule has 2 saturated heterocycles. The highest BCUT2D eigenvalue weighted by atomic mass is 19.4. The van der Waals surface area contributed by atoms with Crippen LogP contribution in [-0.2, 0) is 4.79 Å². The van der Waals surface area contributed by atoms with Crippen LogP contribution >= 0.6 is 0 Å². The highest BCUT2D eigenvalue weighted by molar-refractivity contribution is 5.84. The first-order valence-electron chi connectivity index (χ1n) is 9.15. The molecule has 2 fully saturated rings. The molecular formula is C19H24F4N2O. The molecule has 1 atom stereocenters. The molecule has 0 spiro atoms. The van der Waals surface area contributed by atoms with Gasteiger partial charge in [-0.2, -0.15) is 13.2 Å².